The van der Waals surface area contributed by atoms with Gasteiger partial charge in [-0.2, -0.15) is 0 Å². The van der Waals surface area contributed by atoms with E-state index in [1.54, 1.807) is 12.1 Å². The van der Waals surface area contributed by atoms with Crippen LogP contribution in [0.1, 0.15) is 12.0 Å². The molecule has 5 heteroatoms. The van der Waals surface area contributed by atoms with E-state index in [1.165, 1.54) is 17.7 Å². The summed E-state index contributed by atoms with van der Waals surface area (Å²) >= 11 is 0. The minimum atomic E-state index is -0.312. The predicted molar refractivity (Wildman–Crippen MR) is 72.0 cm³/mol. The molecule has 0 spiro atoms. The Morgan fingerprint density at radius 2 is 2.32 bits per heavy atom. The number of aromatic nitrogens is 1. The van der Waals surface area contributed by atoms with Gasteiger partial charge in [-0.15, -0.1) is 0 Å². The first-order chi connectivity index (χ1) is 9.24. The summed E-state index contributed by atoms with van der Waals surface area (Å²) in [6.07, 6.45) is 1.56. The Morgan fingerprint density at radius 1 is 1.47 bits per heavy atom. The fourth-order valence-corrected chi connectivity index (χ4v) is 2.68. The summed E-state index contributed by atoms with van der Waals surface area (Å²) in [6.45, 7) is 0.899. The molecule has 2 heterocycles. The van der Waals surface area contributed by atoms with Crippen molar-refractivity contribution in [3.8, 4) is 0 Å². The summed E-state index contributed by atoms with van der Waals surface area (Å²) in [5.41, 5.74) is 1.78. The molecule has 0 atom stereocenters. The number of nitrogens with zero attached hydrogens (tertiary/aromatic N) is 1. The molecule has 1 aromatic carbocycles. The first kappa shape index (κ1) is 12.2. The minimum Gasteiger partial charge on any atom is -0.384 e. The zero-order chi connectivity index (χ0) is 13.4. The molecule has 19 heavy (non-hydrogen) atoms. The molecule has 0 aliphatic carbocycles. The SMILES string of the molecule is COCn1c(=O)c2c(c3c(F)cccc31)NCCC2. The highest BCUT2D eigenvalue weighted by molar-refractivity contribution is 5.94. The van der Waals surface area contributed by atoms with Crippen molar-refractivity contribution in [3.05, 3.63) is 39.9 Å². The number of fused-ring (bicyclic) bond motifs is 3. The van der Waals surface area contributed by atoms with Crippen LogP contribution in [0.2, 0.25) is 0 Å². The van der Waals surface area contributed by atoms with Crippen molar-refractivity contribution in [1.82, 2.24) is 4.57 Å². The summed E-state index contributed by atoms with van der Waals surface area (Å²) in [5, 5.41) is 3.64. The Balaban J connectivity index is 2.45. The quantitative estimate of drug-likeness (QED) is 0.901. The number of hydrogen-bond acceptors (Lipinski definition) is 3. The third kappa shape index (κ3) is 1.81. The third-order valence-electron chi connectivity index (χ3n) is 3.50. The lowest BCUT2D eigenvalue weighted by molar-refractivity contribution is 0.131. The second-order valence-corrected chi connectivity index (χ2v) is 4.67. The van der Waals surface area contributed by atoms with E-state index in [1.807, 2.05) is 0 Å². The van der Waals surface area contributed by atoms with E-state index in [2.05, 4.69) is 5.32 Å². The molecule has 2 aromatic rings. The zero-order valence-corrected chi connectivity index (χ0v) is 10.7. The van der Waals surface area contributed by atoms with E-state index < -0.39 is 0 Å². The van der Waals surface area contributed by atoms with Crippen molar-refractivity contribution < 1.29 is 9.13 Å². The number of anilines is 1. The van der Waals surface area contributed by atoms with Gasteiger partial charge in [0.2, 0.25) is 0 Å². The molecular formula is C14H15FN2O2. The van der Waals surface area contributed by atoms with Gasteiger partial charge < -0.3 is 10.1 Å². The third-order valence-corrected chi connectivity index (χ3v) is 3.50. The van der Waals surface area contributed by atoms with Gasteiger partial charge in [0.05, 0.1) is 16.6 Å². The van der Waals surface area contributed by atoms with Crippen LogP contribution in [0.15, 0.2) is 23.0 Å². The lowest BCUT2D eigenvalue weighted by Gasteiger charge is -2.22. The highest BCUT2D eigenvalue weighted by atomic mass is 19.1. The Kier molecular flexibility index (Phi) is 2.98. The van der Waals surface area contributed by atoms with Crippen molar-refractivity contribution in [1.29, 1.82) is 0 Å². The van der Waals surface area contributed by atoms with Gasteiger partial charge in [0.1, 0.15) is 12.5 Å². The van der Waals surface area contributed by atoms with E-state index in [4.69, 9.17) is 4.74 Å². The van der Waals surface area contributed by atoms with Gasteiger partial charge in [0.25, 0.3) is 5.56 Å². The van der Waals surface area contributed by atoms with Crippen molar-refractivity contribution in [2.75, 3.05) is 19.0 Å². The van der Waals surface area contributed by atoms with Crippen molar-refractivity contribution in [2.24, 2.45) is 0 Å². The van der Waals surface area contributed by atoms with Gasteiger partial charge in [0.15, 0.2) is 0 Å². The standard InChI is InChI=1S/C14H15FN2O2/c1-19-8-17-11-6-2-5-10(15)12(11)13-9(14(17)18)4-3-7-16-13/h2,5-6,16H,3-4,7-8H2,1H3. The highest BCUT2D eigenvalue weighted by Crippen LogP contribution is 2.30. The number of methoxy groups -OCH3 is 1. The van der Waals surface area contributed by atoms with Crippen molar-refractivity contribution in [2.45, 2.75) is 19.6 Å². The van der Waals surface area contributed by atoms with Crippen LogP contribution in [0.3, 0.4) is 0 Å². The number of benzene rings is 1. The number of pyridine rings is 1. The monoisotopic (exact) mass is 262 g/mol. The summed E-state index contributed by atoms with van der Waals surface area (Å²) in [4.78, 5) is 12.4. The maximum Gasteiger partial charge on any atom is 0.258 e. The van der Waals surface area contributed by atoms with E-state index in [0.717, 1.165) is 13.0 Å². The maximum absolute atomic E-state index is 14.1. The molecule has 3 rings (SSSR count). The second kappa shape index (κ2) is 4.66. The number of nitrogens with one attached hydrogen (secondary N) is 1. The second-order valence-electron chi connectivity index (χ2n) is 4.67. The van der Waals surface area contributed by atoms with E-state index in [9.17, 15) is 9.18 Å². The molecular weight excluding hydrogens is 247 g/mol. The molecule has 100 valence electrons. The smallest absolute Gasteiger partial charge is 0.258 e. The van der Waals surface area contributed by atoms with Gasteiger partial charge >= 0.3 is 0 Å². The van der Waals surface area contributed by atoms with Gasteiger partial charge in [0, 0.05) is 19.2 Å². The average Bonchev–Trinajstić information content (AvgIpc) is 2.43. The average molecular weight is 262 g/mol. The van der Waals surface area contributed by atoms with E-state index in [0.29, 0.717) is 28.6 Å². The van der Waals surface area contributed by atoms with E-state index in [-0.39, 0.29) is 18.1 Å². The first-order valence-corrected chi connectivity index (χ1v) is 6.30. The van der Waals surface area contributed by atoms with Crippen LogP contribution in [0.5, 0.6) is 0 Å². The molecule has 0 unspecified atom stereocenters. The molecule has 0 saturated heterocycles. The largest absolute Gasteiger partial charge is 0.384 e. The summed E-state index contributed by atoms with van der Waals surface area (Å²) in [7, 11) is 1.52. The summed E-state index contributed by atoms with van der Waals surface area (Å²) in [6, 6.07) is 4.77. The Hall–Kier alpha value is -1.88. The van der Waals surface area contributed by atoms with Crippen LogP contribution >= 0.6 is 0 Å². The molecule has 4 nitrogen and oxygen atoms in total. The van der Waals surface area contributed by atoms with Crippen LogP contribution in [0.25, 0.3) is 10.9 Å². The van der Waals surface area contributed by atoms with Crippen LogP contribution in [0.4, 0.5) is 10.1 Å². The van der Waals surface area contributed by atoms with Crippen LogP contribution in [-0.4, -0.2) is 18.2 Å². The molecule has 1 aliphatic rings. The van der Waals surface area contributed by atoms with Crippen LogP contribution in [-0.2, 0) is 17.9 Å². The molecule has 0 radical (unpaired) electrons. The Morgan fingerprint density at radius 3 is 3.11 bits per heavy atom. The predicted octanol–water partition coefficient (Wildman–Crippen LogP) is 2.10. The lowest BCUT2D eigenvalue weighted by Crippen LogP contribution is -2.29. The molecule has 0 saturated carbocycles. The number of rotatable bonds is 2. The number of hydrogen-bond donors (Lipinski definition) is 1. The lowest BCUT2D eigenvalue weighted by atomic mass is 10.0. The molecule has 1 aliphatic heterocycles. The summed E-state index contributed by atoms with van der Waals surface area (Å²) < 4.78 is 20.7. The van der Waals surface area contributed by atoms with Crippen LogP contribution < -0.4 is 10.9 Å². The normalized spacial score (nSPS) is 14.2. The molecule has 1 N–H and O–H groups in total. The van der Waals surface area contributed by atoms with Gasteiger partial charge in [-0.05, 0) is 25.0 Å². The molecule has 0 bridgehead atoms. The van der Waals surface area contributed by atoms with Crippen molar-refractivity contribution >= 4 is 16.6 Å². The molecule has 0 fully saturated rings. The Labute approximate surface area is 109 Å². The van der Waals surface area contributed by atoms with E-state index >= 15 is 0 Å². The Bertz CT molecular complexity index is 694. The number of halogens is 1. The fourth-order valence-electron chi connectivity index (χ4n) is 2.68. The fraction of sp³-hybridized carbons (Fsp3) is 0.357. The van der Waals surface area contributed by atoms with Gasteiger partial charge in [-0.1, -0.05) is 6.07 Å². The molecule has 0 amide bonds. The van der Waals surface area contributed by atoms with Crippen molar-refractivity contribution in [3.63, 3.8) is 0 Å². The zero-order valence-electron chi connectivity index (χ0n) is 10.7. The van der Waals surface area contributed by atoms with Gasteiger partial charge in [-0.3, -0.25) is 9.36 Å². The number of ether oxygens (including phenoxy) is 1. The minimum absolute atomic E-state index is 0.0952. The summed E-state index contributed by atoms with van der Waals surface area (Å²) in [5.74, 6) is -0.312. The van der Waals surface area contributed by atoms with Gasteiger partial charge in [-0.25, -0.2) is 4.39 Å². The topological polar surface area (TPSA) is 43.3 Å². The maximum atomic E-state index is 14.1. The van der Waals surface area contributed by atoms with Crippen LogP contribution in [0, 0.1) is 5.82 Å². The highest BCUT2D eigenvalue weighted by Gasteiger charge is 2.21. The first-order valence-electron chi connectivity index (χ1n) is 6.30. The molecule has 1 aromatic heterocycles.